The van der Waals surface area contributed by atoms with Gasteiger partial charge < -0.3 is 9.84 Å². The third-order valence-corrected chi connectivity index (χ3v) is 2.00. The number of rotatable bonds is 3. The lowest BCUT2D eigenvalue weighted by atomic mass is 10.1. The highest BCUT2D eigenvalue weighted by molar-refractivity contribution is 5.50. The van der Waals surface area contributed by atoms with E-state index in [-0.39, 0.29) is 12.3 Å². The van der Waals surface area contributed by atoms with E-state index in [2.05, 4.69) is 4.99 Å². The smallest absolute Gasteiger partial charge is 0.235 e. The number of benzene rings is 1. The minimum absolute atomic E-state index is 0.0338. The second-order valence-electron chi connectivity index (χ2n) is 2.82. The monoisotopic (exact) mass is 193 g/mol. The highest BCUT2D eigenvalue weighted by Gasteiger charge is 2.09. The molecule has 0 atom stereocenters. The molecule has 0 saturated heterocycles. The number of isocyanates is 1. The molecule has 0 radical (unpaired) electrons. The van der Waals surface area contributed by atoms with Gasteiger partial charge in [0.25, 0.3) is 0 Å². The van der Waals surface area contributed by atoms with E-state index >= 15 is 0 Å². The number of aliphatic imine (C=N–C) groups is 1. The van der Waals surface area contributed by atoms with E-state index < -0.39 is 0 Å². The van der Waals surface area contributed by atoms with Crippen LogP contribution in [0.15, 0.2) is 17.1 Å². The van der Waals surface area contributed by atoms with Gasteiger partial charge in [0, 0.05) is 5.56 Å². The minimum Gasteiger partial charge on any atom is -0.504 e. The third-order valence-electron chi connectivity index (χ3n) is 2.00. The molecule has 1 N–H and O–H groups in total. The first-order chi connectivity index (χ1) is 6.70. The van der Waals surface area contributed by atoms with E-state index in [9.17, 15) is 9.90 Å². The Morgan fingerprint density at radius 3 is 2.86 bits per heavy atom. The van der Waals surface area contributed by atoms with E-state index in [1.807, 2.05) is 6.92 Å². The maximum atomic E-state index is 9.95. The minimum atomic E-state index is 0.0338. The number of methoxy groups -OCH3 is 1. The van der Waals surface area contributed by atoms with E-state index in [4.69, 9.17) is 4.74 Å². The molecular weight excluding hydrogens is 182 g/mol. The van der Waals surface area contributed by atoms with Gasteiger partial charge in [0.1, 0.15) is 0 Å². The summed E-state index contributed by atoms with van der Waals surface area (Å²) in [6, 6.07) is 3.47. The normalized spacial score (nSPS) is 9.29. The van der Waals surface area contributed by atoms with Gasteiger partial charge in [0.2, 0.25) is 6.08 Å². The summed E-state index contributed by atoms with van der Waals surface area (Å²) in [5.41, 5.74) is 1.45. The lowest BCUT2D eigenvalue weighted by Crippen LogP contribution is -1.92. The van der Waals surface area contributed by atoms with Gasteiger partial charge in [-0.1, -0.05) is 6.07 Å². The summed E-state index contributed by atoms with van der Waals surface area (Å²) in [5.74, 6) is 0.415. The van der Waals surface area contributed by atoms with Crippen LogP contribution >= 0.6 is 0 Å². The Labute approximate surface area is 81.9 Å². The molecule has 0 aliphatic rings. The summed E-state index contributed by atoms with van der Waals surface area (Å²) in [4.78, 5) is 13.4. The van der Waals surface area contributed by atoms with Gasteiger partial charge in [-0.25, -0.2) is 9.79 Å². The molecule has 4 heteroatoms. The standard InChI is InChI=1S/C10H11NO3/c1-7-3-4-9(14-2)10(13)8(7)5-11-6-12/h3-4,13H,5H2,1-2H3. The van der Waals surface area contributed by atoms with Gasteiger partial charge in [0.05, 0.1) is 13.7 Å². The van der Waals surface area contributed by atoms with Gasteiger partial charge in [-0.3, -0.25) is 0 Å². The zero-order valence-electron chi connectivity index (χ0n) is 8.07. The Bertz CT molecular complexity index is 381. The average Bonchev–Trinajstić information content (AvgIpc) is 2.18. The van der Waals surface area contributed by atoms with Gasteiger partial charge in [-0.05, 0) is 18.6 Å². The maximum Gasteiger partial charge on any atom is 0.235 e. The predicted octanol–water partition coefficient (Wildman–Crippen LogP) is 1.55. The molecule has 4 nitrogen and oxygen atoms in total. The van der Waals surface area contributed by atoms with Crippen LogP contribution in [0.25, 0.3) is 0 Å². The topological polar surface area (TPSA) is 58.9 Å². The first kappa shape index (κ1) is 10.3. The Morgan fingerprint density at radius 2 is 2.29 bits per heavy atom. The summed E-state index contributed by atoms with van der Waals surface area (Å²) in [7, 11) is 1.47. The van der Waals surface area contributed by atoms with Crippen molar-refractivity contribution in [1.29, 1.82) is 0 Å². The van der Waals surface area contributed by atoms with Gasteiger partial charge >= 0.3 is 0 Å². The lowest BCUT2D eigenvalue weighted by Gasteiger charge is -2.09. The summed E-state index contributed by atoms with van der Waals surface area (Å²) in [5, 5.41) is 9.68. The van der Waals surface area contributed by atoms with Crippen molar-refractivity contribution in [2.45, 2.75) is 13.5 Å². The molecule has 0 unspecified atom stereocenters. The third kappa shape index (κ3) is 1.92. The molecule has 1 rings (SSSR count). The zero-order chi connectivity index (χ0) is 10.6. The molecule has 1 aromatic rings. The first-order valence-electron chi connectivity index (χ1n) is 4.09. The van der Waals surface area contributed by atoms with Crippen molar-refractivity contribution in [2.24, 2.45) is 4.99 Å². The van der Waals surface area contributed by atoms with E-state index in [0.717, 1.165) is 5.56 Å². The van der Waals surface area contributed by atoms with E-state index in [0.29, 0.717) is 11.3 Å². The summed E-state index contributed by atoms with van der Waals surface area (Å²) < 4.78 is 4.93. The molecule has 0 amide bonds. The number of hydrogen-bond acceptors (Lipinski definition) is 4. The van der Waals surface area contributed by atoms with Crippen LogP contribution in [-0.4, -0.2) is 18.3 Å². The number of phenols is 1. The van der Waals surface area contributed by atoms with Crippen LogP contribution in [0.1, 0.15) is 11.1 Å². The Kier molecular flexibility index (Phi) is 3.26. The molecular formula is C10H11NO3. The van der Waals surface area contributed by atoms with Crippen LogP contribution in [0, 0.1) is 6.92 Å². The zero-order valence-corrected chi connectivity index (χ0v) is 8.07. The number of nitrogens with zero attached hydrogens (tertiary/aromatic N) is 1. The van der Waals surface area contributed by atoms with Crippen molar-refractivity contribution in [1.82, 2.24) is 0 Å². The molecule has 0 aliphatic heterocycles. The predicted molar refractivity (Wildman–Crippen MR) is 51.2 cm³/mol. The van der Waals surface area contributed by atoms with Crippen LogP contribution < -0.4 is 4.74 Å². The molecule has 0 spiro atoms. The number of phenolic OH excluding ortho intramolecular Hbond substituents is 1. The van der Waals surface area contributed by atoms with Crippen LogP contribution in [-0.2, 0) is 11.3 Å². The molecule has 0 fully saturated rings. The van der Waals surface area contributed by atoms with Crippen molar-refractivity contribution >= 4 is 6.08 Å². The number of hydrogen-bond donors (Lipinski definition) is 1. The number of aromatic hydroxyl groups is 1. The Balaban J connectivity index is 3.17. The van der Waals surface area contributed by atoms with Crippen molar-refractivity contribution in [2.75, 3.05) is 7.11 Å². The molecule has 0 bridgehead atoms. The molecule has 0 aromatic heterocycles. The van der Waals surface area contributed by atoms with Crippen LogP contribution in [0.5, 0.6) is 11.5 Å². The van der Waals surface area contributed by atoms with Crippen LogP contribution in [0.3, 0.4) is 0 Å². The average molecular weight is 193 g/mol. The first-order valence-corrected chi connectivity index (χ1v) is 4.09. The van der Waals surface area contributed by atoms with Gasteiger partial charge in [-0.2, -0.15) is 0 Å². The van der Waals surface area contributed by atoms with E-state index in [1.54, 1.807) is 12.1 Å². The molecule has 0 aliphatic carbocycles. The summed E-state index contributed by atoms with van der Waals surface area (Å²) in [6.45, 7) is 1.95. The number of carbonyl (C=O) groups excluding carboxylic acids is 1. The second-order valence-corrected chi connectivity index (χ2v) is 2.82. The molecule has 0 saturated carbocycles. The van der Waals surface area contributed by atoms with Crippen LogP contribution in [0.2, 0.25) is 0 Å². The van der Waals surface area contributed by atoms with Crippen molar-refractivity contribution in [3.05, 3.63) is 23.3 Å². The summed E-state index contributed by atoms with van der Waals surface area (Å²) in [6.07, 6.45) is 1.43. The van der Waals surface area contributed by atoms with Crippen molar-refractivity contribution in [3.63, 3.8) is 0 Å². The van der Waals surface area contributed by atoms with Gasteiger partial charge in [-0.15, -0.1) is 0 Å². The summed E-state index contributed by atoms with van der Waals surface area (Å²) >= 11 is 0. The second kappa shape index (κ2) is 4.44. The molecule has 74 valence electrons. The molecule has 0 heterocycles. The molecule has 1 aromatic carbocycles. The highest BCUT2D eigenvalue weighted by Crippen LogP contribution is 2.32. The highest BCUT2D eigenvalue weighted by atomic mass is 16.5. The largest absolute Gasteiger partial charge is 0.504 e. The SMILES string of the molecule is COc1ccc(C)c(CN=C=O)c1O. The van der Waals surface area contributed by atoms with Crippen molar-refractivity contribution in [3.8, 4) is 11.5 Å². The fourth-order valence-electron chi connectivity index (χ4n) is 1.19. The fourth-order valence-corrected chi connectivity index (χ4v) is 1.19. The lowest BCUT2D eigenvalue weighted by molar-refractivity contribution is 0.370. The maximum absolute atomic E-state index is 9.95. The quantitative estimate of drug-likeness (QED) is 0.585. The fraction of sp³-hybridized carbons (Fsp3) is 0.300. The molecule has 14 heavy (non-hydrogen) atoms. The number of aryl methyl sites for hydroxylation is 1. The number of ether oxygens (including phenoxy) is 1. The van der Waals surface area contributed by atoms with Gasteiger partial charge in [0.15, 0.2) is 11.5 Å². The van der Waals surface area contributed by atoms with E-state index in [1.165, 1.54) is 13.2 Å². The Hall–Kier alpha value is -1.80. The van der Waals surface area contributed by atoms with Crippen molar-refractivity contribution < 1.29 is 14.6 Å². The van der Waals surface area contributed by atoms with Crippen LogP contribution in [0.4, 0.5) is 0 Å². The Morgan fingerprint density at radius 1 is 1.57 bits per heavy atom.